The number of aldehydes is 2. The first-order valence-electron chi connectivity index (χ1n) is 47.7. The molecule has 2 unspecified atom stereocenters. The second-order valence-electron chi connectivity index (χ2n) is 32.3. The van der Waals surface area contributed by atoms with Crippen molar-refractivity contribution in [3.05, 3.63) is 482 Å². The molecule has 2 fully saturated rings. The van der Waals surface area contributed by atoms with Crippen molar-refractivity contribution in [2.24, 2.45) is 0 Å². The Balaban J connectivity index is 0.000000178. The molecule has 8 heterocycles. The zero-order chi connectivity index (χ0) is 103. The van der Waals surface area contributed by atoms with Gasteiger partial charge in [0, 0.05) is 69.3 Å². The van der Waals surface area contributed by atoms with E-state index in [2.05, 4.69) is 420 Å². The zero-order valence-electron chi connectivity index (χ0n) is 84.4. The molecule has 2 aliphatic rings. The number of rotatable bonds is 28. The largest absolute Gasteiger partial charge is 1.00 e. The van der Waals surface area contributed by atoms with Gasteiger partial charge in [-0.3, -0.25) is 19.4 Å². The van der Waals surface area contributed by atoms with Crippen LogP contribution >= 0.6 is 47.6 Å². The molecule has 2 atom stereocenters. The van der Waals surface area contributed by atoms with Crippen molar-refractivity contribution in [1.82, 2.24) is 39.5 Å². The van der Waals surface area contributed by atoms with Crippen molar-refractivity contribution in [1.29, 1.82) is 0 Å². The molecular formula is C118H112BBrFK2N8O13P4Pd+. The number of halogens is 2. The summed E-state index contributed by atoms with van der Waals surface area (Å²) < 4.78 is 53.8. The van der Waals surface area contributed by atoms with Crippen molar-refractivity contribution in [3.8, 4) is 34.6 Å². The number of carbonyl (C=O) groups excluding carboxylic acids is 3. The van der Waals surface area contributed by atoms with E-state index in [4.69, 9.17) is 29.8 Å². The fourth-order valence-corrected chi connectivity index (χ4v) is 25.3. The topological polar surface area (TPSA) is 253 Å². The van der Waals surface area contributed by atoms with Gasteiger partial charge in [-0.15, -0.1) is 0 Å². The van der Waals surface area contributed by atoms with Gasteiger partial charge in [-0.1, -0.05) is 376 Å². The first kappa shape index (κ1) is 119. The van der Waals surface area contributed by atoms with E-state index in [0.29, 0.717) is 64.1 Å². The Kier molecular flexibility index (Phi) is 54.1. The molecule has 0 bridgehead atoms. The Labute approximate surface area is 985 Å². The van der Waals surface area contributed by atoms with Crippen LogP contribution in [0.4, 0.5) is 4.39 Å². The summed E-state index contributed by atoms with van der Waals surface area (Å²) in [7, 11) is -0.281. The number of ether oxygens (including phenoxy) is 6. The average molecular weight is 2270 g/mol. The van der Waals surface area contributed by atoms with Crippen LogP contribution in [0.1, 0.15) is 95.3 Å². The summed E-state index contributed by atoms with van der Waals surface area (Å²) in [6.45, 7) is 5.45. The number of hydrogen-bond acceptors (Lipinski definition) is 19. The summed E-state index contributed by atoms with van der Waals surface area (Å²) in [5, 5.41) is 44.0. The van der Waals surface area contributed by atoms with Crippen molar-refractivity contribution < 1.29 is 192 Å². The standard InChI is InChI=1S/C22H24N4O4.4C18H15P.C13H11BrN2O3.C9H15BN2O3.C2H2FO3.2K.Pd/c1-15-11-25-26(20-7-3-4-9-29-20)22(15)21-16(6-5-8-23-21)14-30-18-12-24-19(28-2)10-17(18)13-27;4*1-4-10-16(11-5-1)19(17-12-6-2-7-13-17)18-14-8-3-9-15-18;1-18-12-5-10(7-17)11(6-16-12)19-8-9-3-2-4-15-13(9)14;1-7-6-11-12(9(7)10(13)14)8-4-2-3-5-15-8;3-1-5-6-2-4;;;/h5-6,8,10-13,20H,3-4,7,9,14H2,1-2H3;4*1-15H;2-7H,8H2,1H3;6,8,13-14H,2-5H2,1H3;1-2H;;;/q;;;;;;;-1;2*+1;/i;;;;;;;2D;;;. The normalized spacial score (nSPS) is 12.5. The number of aryl methyl sites for hydroxylation is 2. The van der Waals surface area contributed by atoms with Gasteiger partial charge in [-0.2, -0.15) is 10.2 Å². The number of nitrogens with zero attached hydrogens (tertiary/aromatic N) is 8. The summed E-state index contributed by atoms with van der Waals surface area (Å²) in [5.41, 5.74) is 6.47. The average Bonchev–Trinajstić information content (AvgIpc) is 1.62. The van der Waals surface area contributed by atoms with Gasteiger partial charge in [-0.25, -0.2) is 24.3 Å². The Hall–Kier alpha value is -10.4. The minimum absolute atomic E-state index is 0. The summed E-state index contributed by atoms with van der Waals surface area (Å²) in [6, 6.07) is 140. The number of aromatic nitrogens is 8. The molecule has 21 nitrogen and oxygen atoms in total. The van der Waals surface area contributed by atoms with Crippen LogP contribution in [0.3, 0.4) is 0 Å². The smallest absolute Gasteiger partial charge is 0.486 e. The van der Waals surface area contributed by atoms with Crippen LogP contribution in [0, 0.1) is 20.7 Å². The van der Waals surface area contributed by atoms with Crippen molar-refractivity contribution in [2.75, 3.05) is 27.4 Å². The third kappa shape index (κ3) is 37.3. The Bertz CT molecular complexity index is 6080. The van der Waals surface area contributed by atoms with Gasteiger partial charge < -0.3 is 52.6 Å². The molecule has 0 radical (unpaired) electrons. The molecule has 750 valence electrons. The maximum atomic E-state index is 11.4. The van der Waals surface area contributed by atoms with Crippen LogP contribution in [0.15, 0.2) is 442 Å². The number of pyridine rings is 4. The molecule has 18 aromatic rings. The van der Waals surface area contributed by atoms with Gasteiger partial charge in [0.2, 0.25) is 11.8 Å². The van der Waals surface area contributed by atoms with E-state index >= 15 is 0 Å². The molecule has 2 aliphatic heterocycles. The molecular weight excluding hydrogens is 2160 g/mol. The molecule has 31 heteroatoms. The molecule has 12 aromatic carbocycles. The number of carbonyl (C=O) groups is 3. The van der Waals surface area contributed by atoms with Crippen LogP contribution in [0.25, 0.3) is 11.4 Å². The van der Waals surface area contributed by atoms with Crippen LogP contribution in [-0.2, 0) is 57.7 Å². The third-order valence-corrected chi connectivity index (χ3v) is 33.0. The van der Waals surface area contributed by atoms with Crippen molar-refractivity contribution in [3.63, 3.8) is 0 Å². The predicted octanol–water partition coefficient (Wildman–Crippen LogP) is 13.9. The molecule has 0 aliphatic carbocycles. The molecule has 0 saturated carbocycles. The van der Waals surface area contributed by atoms with Crippen molar-refractivity contribution in [2.45, 2.75) is 78.0 Å². The quantitative estimate of drug-likeness (QED) is 0.00879. The van der Waals surface area contributed by atoms with Crippen LogP contribution < -0.4 is 191 Å². The van der Waals surface area contributed by atoms with E-state index in [1.54, 1.807) is 36.3 Å². The molecule has 149 heavy (non-hydrogen) atoms. The van der Waals surface area contributed by atoms with Gasteiger partial charge in [-0.05, 0) is 194 Å². The van der Waals surface area contributed by atoms with E-state index < -0.39 is 45.3 Å². The molecule has 2 saturated heterocycles. The number of benzene rings is 12. The summed E-state index contributed by atoms with van der Waals surface area (Å²) >= 11 is 3.33. The SMILES string of the molecule is COc1cc(C=O)c(OCc2cccnc2-c2c(C)cnn2C2CCCCO2)cn1.COc1cc(C=O)c(OCc2cccnc2Br)cn1.Cc1cnn(C2CCCCO2)c1B(O)O.[2H]C(=O)OO[CH-]F.[K+].[K+].[Pd].c1ccc(P(c2ccccc2)c2ccccc2)cc1.c1ccc(P(c2ccccc2)c2ccccc2)cc1.c1ccc(P(c2ccccc2)c2ccccc2)cc1.c1ccc(P(c2ccccc2)c2ccccc2)cc1. The molecule has 6 aromatic heterocycles. The monoisotopic (exact) mass is 2270 g/mol. The summed E-state index contributed by atoms with van der Waals surface area (Å²) in [5.74, 6) is 1.53. The number of methoxy groups -OCH3 is 2. The minimum atomic E-state index is -1.49. The molecule has 2 N–H and O–H groups in total. The minimum Gasteiger partial charge on any atom is -0.486 e. The van der Waals surface area contributed by atoms with E-state index in [9.17, 15) is 28.8 Å². The third-order valence-electron chi connectivity index (χ3n) is 22.5. The van der Waals surface area contributed by atoms with Gasteiger partial charge in [0.15, 0.2) is 20.2 Å². The van der Waals surface area contributed by atoms with Gasteiger partial charge in [0.05, 0.1) is 67.1 Å². The van der Waals surface area contributed by atoms with Gasteiger partial charge in [0.1, 0.15) is 35.5 Å². The second kappa shape index (κ2) is 67.8. The first-order valence-corrected chi connectivity index (χ1v) is 53.4. The van der Waals surface area contributed by atoms with Gasteiger partial charge in [0.25, 0.3) is 0 Å². The fraction of sp³-hybridized carbons (Fsp3) is 0.136. The van der Waals surface area contributed by atoms with E-state index in [1.165, 1.54) is 96.3 Å². The van der Waals surface area contributed by atoms with E-state index in [1.807, 2.05) is 42.1 Å². The van der Waals surface area contributed by atoms with Crippen LogP contribution in [0.5, 0.6) is 23.3 Å². The fourth-order valence-electron chi connectivity index (χ4n) is 15.7. The van der Waals surface area contributed by atoms with Crippen molar-refractivity contribution >= 4 is 143 Å². The molecule has 20 rings (SSSR count). The zero-order valence-corrected chi connectivity index (χ0v) is 96.4. The predicted molar refractivity (Wildman–Crippen MR) is 592 cm³/mol. The van der Waals surface area contributed by atoms with E-state index in [-0.39, 0.29) is 149 Å². The second-order valence-corrected chi connectivity index (χ2v) is 42.0. The number of hydrogen-bond donors (Lipinski definition) is 2. The Morgan fingerprint density at radius 3 is 0.966 bits per heavy atom. The summed E-state index contributed by atoms with van der Waals surface area (Å²) in [6.07, 6.45) is 15.7. The molecule has 0 spiro atoms. The van der Waals surface area contributed by atoms with Crippen LogP contribution in [0.2, 0.25) is 0 Å². The summed E-state index contributed by atoms with van der Waals surface area (Å²) in [4.78, 5) is 55.1. The van der Waals surface area contributed by atoms with E-state index in [0.717, 1.165) is 85.1 Å². The Morgan fingerprint density at radius 1 is 0.409 bits per heavy atom. The molecule has 0 amide bonds. The Morgan fingerprint density at radius 2 is 0.698 bits per heavy atom. The van der Waals surface area contributed by atoms with Crippen LogP contribution in [-0.4, -0.2) is 103 Å². The maximum Gasteiger partial charge on any atom is 1.00 e. The first-order chi connectivity index (χ1) is 72.2. The maximum absolute atomic E-state index is 11.4. The van der Waals surface area contributed by atoms with Gasteiger partial charge >= 0.3 is 116 Å².